The molecule has 0 spiro atoms. The van der Waals surface area contributed by atoms with E-state index in [-0.39, 0.29) is 0 Å². The van der Waals surface area contributed by atoms with Gasteiger partial charge in [-0.25, -0.2) is 0 Å². The van der Waals surface area contributed by atoms with Crippen molar-refractivity contribution < 1.29 is 14.3 Å². The third-order valence-corrected chi connectivity index (χ3v) is 4.07. The van der Waals surface area contributed by atoms with Crippen molar-refractivity contribution in [2.45, 2.75) is 12.5 Å². The summed E-state index contributed by atoms with van der Waals surface area (Å²) in [5.74, 6) is 1.33. The van der Waals surface area contributed by atoms with Gasteiger partial charge in [0.1, 0.15) is 23.2 Å². The third-order valence-electron chi connectivity index (χ3n) is 3.45. The largest absolute Gasteiger partial charge is 0.496 e. The number of hydrogen-bond donors (Lipinski definition) is 1. The smallest absolute Gasteiger partial charge is 0.148 e. The summed E-state index contributed by atoms with van der Waals surface area (Å²) < 4.78 is 12.0. The van der Waals surface area contributed by atoms with Crippen LogP contribution >= 0.6 is 15.9 Å². The zero-order valence-corrected chi connectivity index (χ0v) is 13.1. The molecule has 0 fully saturated rings. The summed E-state index contributed by atoms with van der Waals surface area (Å²) in [5, 5.41) is 11.4. The molecule has 4 heteroatoms. The number of methoxy groups -OCH3 is 1. The zero-order valence-electron chi connectivity index (χ0n) is 11.5. The van der Waals surface area contributed by atoms with E-state index in [4.69, 9.17) is 9.15 Å². The molecule has 3 rings (SSSR count). The summed E-state index contributed by atoms with van der Waals surface area (Å²) in [4.78, 5) is 0. The molecule has 3 nitrogen and oxygen atoms in total. The first-order valence-corrected chi connectivity index (χ1v) is 7.46. The number of aliphatic hydroxyl groups is 1. The Morgan fingerprint density at radius 2 is 2.00 bits per heavy atom. The lowest BCUT2D eigenvalue weighted by atomic mass is 10.1. The van der Waals surface area contributed by atoms with Gasteiger partial charge >= 0.3 is 0 Å². The first kappa shape index (κ1) is 14.2. The first-order chi connectivity index (χ1) is 10.2. The molecule has 1 heterocycles. The normalized spacial score (nSPS) is 12.5. The number of fused-ring (bicyclic) bond motifs is 1. The van der Waals surface area contributed by atoms with Crippen molar-refractivity contribution in [1.82, 2.24) is 0 Å². The number of ether oxygens (including phenoxy) is 1. The second kappa shape index (κ2) is 5.92. The highest BCUT2D eigenvalue weighted by atomic mass is 79.9. The van der Waals surface area contributed by atoms with E-state index >= 15 is 0 Å². The van der Waals surface area contributed by atoms with Crippen LogP contribution in [0.5, 0.6) is 5.75 Å². The van der Waals surface area contributed by atoms with Crippen molar-refractivity contribution >= 4 is 26.9 Å². The molecule has 3 aromatic rings. The van der Waals surface area contributed by atoms with Crippen molar-refractivity contribution in [1.29, 1.82) is 0 Å². The zero-order chi connectivity index (χ0) is 14.8. The summed E-state index contributed by atoms with van der Waals surface area (Å²) in [5.41, 5.74) is 1.71. The van der Waals surface area contributed by atoms with Crippen LogP contribution in [-0.2, 0) is 6.42 Å². The number of benzene rings is 2. The standard InChI is InChI=1S/C17H15BrO3/c1-20-15-8-3-2-5-11(15)9-14(19)16-10-12-6-4-7-13(18)17(12)21-16/h2-8,10,14,19H,9H2,1H3. The molecule has 0 bridgehead atoms. The second-order valence-corrected chi connectivity index (χ2v) is 5.69. The van der Waals surface area contributed by atoms with Gasteiger partial charge in [-0.3, -0.25) is 0 Å². The van der Waals surface area contributed by atoms with Gasteiger partial charge in [-0.2, -0.15) is 0 Å². The van der Waals surface area contributed by atoms with Crippen LogP contribution < -0.4 is 4.74 Å². The van der Waals surface area contributed by atoms with Crippen LogP contribution in [0.3, 0.4) is 0 Å². The molecule has 2 aromatic carbocycles. The third kappa shape index (κ3) is 2.82. The minimum Gasteiger partial charge on any atom is -0.496 e. The molecule has 0 aliphatic rings. The Morgan fingerprint density at radius 1 is 1.19 bits per heavy atom. The molecule has 1 aromatic heterocycles. The Labute approximate surface area is 131 Å². The van der Waals surface area contributed by atoms with Gasteiger partial charge in [0.05, 0.1) is 11.6 Å². The minimum atomic E-state index is -0.708. The van der Waals surface area contributed by atoms with Gasteiger partial charge in [0.2, 0.25) is 0 Å². The summed E-state index contributed by atoms with van der Waals surface area (Å²) in [6.07, 6.45) is -0.262. The molecule has 0 saturated carbocycles. The fraction of sp³-hybridized carbons (Fsp3) is 0.176. The topological polar surface area (TPSA) is 42.6 Å². The average molecular weight is 347 g/mol. The van der Waals surface area contributed by atoms with Crippen LogP contribution in [0.2, 0.25) is 0 Å². The predicted octanol–water partition coefficient (Wildman–Crippen LogP) is 4.48. The van der Waals surface area contributed by atoms with Crippen LogP contribution in [0.15, 0.2) is 57.4 Å². The van der Waals surface area contributed by atoms with Gasteiger partial charge < -0.3 is 14.3 Å². The minimum absolute atomic E-state index is 0.446. The number of hydrogen-bond acceptors (Lipinski definition) is 3. The van der Waals surface area contributed by atoms with Gasteiger partial charge in [-0.05, 0) is 39.7 Å². The predicted molar refractivity (Wildman–Crippen MR) is 85.6 cm³/mol. The van der Waals surface area contributed by atoms with E-state index in [9.17, 15) is 5.11 Å². The van der Waals surface area contributed by atoms with Crippen molar-refractivity contribution in [2.75, 3.05) is 7.11 Å². The summed E-state index contributed by atoms with van der Waals surface area (Å²) in [6.45, 7) is 0. The van der Waals surface area contributed by atoms with Crippen LogP contribution in [0, 0.1) is 0 Å². The Kier molecular flexibility index (Phi) is 3.99. The number of halogens is 1. The molecule has 108 valence electrons. The van der Waals surface area contributed by atoms with Gasteiger partial charge in [0, 0.05) is 11.8 Å². The molecular weight excluding hydrogens is 332 g/mol. The van der Waals surface area contributed by atoms with Gasteiger partial charge in [0.15, 0.2) is 0 Å². The maximum atomic E-state index is 10.4. The molecule has 1 N–H and O–H groups in total. The summed E-state index contributed by atoms with van der Waals surface area (Å²) in [6, 6.07) is 15.4. The SMILES string of the molecule is COc1ccccc1CC(O)c1cc2cccc(Br)c2o1. The fourth-order valence-electron chi connectivity index (χ4n) is 2.39. The molecular formula is C17H15BrO3. The van der Waals surface area contributed by atoms with Crippen molar-refractivity contribution in [3.05, 3.63) is 64.3 Å². The number of para-hydroxylation sites is 2. The molecule has 21 heavy (non-hydrogen) atoms. The molecule has 0 saturated heterocycles. The number of rotatable bonds is 4. The molecule has 0 radical (unpaired) electrons. The van der Waals surface area contributed by atoms with Crippen molar-refractivity contribution in [3.8, 4) is 5.75 Å². The highest BCUT2D eigenvalue weighted by Crippen LogP contribution is 2.32. The Morgan fingerprint density at radius 3 is 2.76 bits per heavy atom. The highest BCUT2D eigenvalue weighted by Gasteiger charge is 2.17. The quantitative estimate of drug-likeness (QED) is 0.757. The van der Waals surface area contributed by atoms with E-state index in [0.29, 0.717) is 12.2 Å². The molecule has 1 atom stereocenters. The lowest BCUT2D eigenvalue weighted by Crippen LogP contribution is -2.02. The van der Waals surface area contributed by atoms with E-state index in [1.807, 2.05) is 48.5 Å². The van der Waals surface area contributed by atoms with Crippen molar-refractivity contribution in [2.24, 2.45) is 0 Å². The van der Waals surface area contributed by atoms with E-state index < -0.39 is 6.10 Å². The Hall–Kier alpha value is -1.78. The molecule has 0 amide bonds. The van der Waals surface area contributed by atoms with Crippen LogP contribution in [0.25, 0.3) is 11.0 Å². The van der Waals surface area contributed by atoms with Crippen LogP contribution in [0.4, 0.5) is 0 Å². The Bertz CT molecular complexity index is 764. The molecule has 0 aliphatic heterocycles. The number of aliphatic hydroxyl groups excluding tert-OH is 1. The lowest BCUT2D eigenvalue weighted by molar-refractivity contribution is 0.151. The number of furan rings is 1. The van der Waals surface area contributed by atoms with Gasteiger partial charge in [-0.15, -0.1) is 0 Å². The molecule has 0 aliphatic carbocycles. The summed E-state index contributed by atoms with van der Waals surface area (Å²) >= 11 is 3.45. The average Bonchev–Trinajstić information content (AvgIpc) is 2.93. The van der Waals surface area contributed by atoms with Gasteiger partial charge in [-0.1, -0.05) is 30.3 Å². The Balaban J connectivity index is 1.90. The van der Waals surface area contributed by atoms with Crippen LogP contribution in [0.1, 0.15) is 17.4 Å². The first-order valence-electron chi connectivity index (χ1n) is 6.67. The second-order valence-electron chi connectivity index (χ2n) is 4.84. The van der Waals surface area contributed by atoms with Crippen molar-refractivity contribution in [3.63, 3.8) is 0 Å². The monoisotopic (exact) mass is 346 g/mol. The van der Waals surface area contributed by atoms with E-state index in [2.05, 4.69) is 15.9 Å². The maximum Gasteiger partial charge on any atom is 0.148 e. The maximum absolute atomic E-state index is 10.4. The highest BCUT2D eigenvalue weighted by molar-refractivity contribution is 9.10. The van der Waals surface area contributed by atoms with E-state index in [0.717, 1.165) is 26.8 Å². The van der Waals surface area contributed by atoms with Crippen LogP contribution in [-0.4, -0.2) is 12.2 Å². The lowest BCUT2D eigenvalue weighted by Gasteiger charge is -2.11. The summed E-state index contributed by atoms with van der Waals surface area (Å²) in [7, 11) is 1.63. The van der Waals surface area contributed by atoms with Gasteiger partial charge in [0.25, 0.3) is 0 Å². The van der Waals surface area contributed by atoms with E-state index in [1.165, 1.54) is 0 Å². The van der Waals surface area contributed by atoms with E-state index in [1.54, 1.807) is 7.11 Å². The fourth-order valence-corrected chi connectivity index (χ4v) is 2.85. The molecule has 1 unspecified atom stereocenters.